The number of aliphatic carboxylic acids is 4. The van der Waals surface area contributed by atoms with Crippen molar-refractivity contribution in [3.05, 3.63) is 0 Å². The van der Waals surface area contributed by atoms with Gasteiger partial charge in [0.25, 0.3) is 0 Å². The molecule has 0 amide bonds. The third kappa shape index (κ3) is 16.8. The molecule has 0 atom stereocenters. The van der Waals surface area contributed by atoms with Crippen LogP contribution in [0.25, 0.3) is 0 Å². The van der Waals surface area contributed by atoms with E-state index in [1.165, 1.54) is 27.7 Å². The Morgan fingerprint density at radius 1 is 0.405 bits per heavy atom. The van der Waals surface area contributed by atoms with Gasteiger partial charge in [-0.3, -0.25) is 0 Å². The summed E-state index contributed by atoms with van der Waals surface area (Å²) in [6, 6.07) is 0. The summed E-state index contributed by atoms with van der Waals surface area (Å²) in [5, 5.41) is 107. The SMILES string of the molecule is CC(CO)(CO)C(=O)[O-].CC(CO)(CO)C(=O)[O-].CC(CO)(CO)C(=O)[O-].CC(CO)(CO)C(=O)[O-].[Pb]. The zero-order chi connectivity index (χ0) is 30.0. The van der Waals surface area contributed by atoms with Crippen LogP contribution in [0.1, 0.15) is 27.7 Å². The molecule has 0 spiro atoms. The van der Waals surface area contributed by atoms with Crippen molar-refractivity contribution in [2.24, 2.45) is 21.7 Å². The number of carbonyl (C=O) groups is 4. The third-order valence-electron chi connectivity index (χ3n) is 4.76. The van der Waals surface area contributed by atoms with Crippen molar-refractivity contribution in [1.29, 1.82) is 0 Å². The minimum Gasteiger partial charge on any atom is -0.549 e. The Morgan fingerprint density at radius 2 is 0.486 bits per heavy atom. The van der Waals surface area contributed by atoms with Gasteiger partial charge in [0, 0.05) is 27.3 Å². The van der Waals surface area contributed by atoms with Gasteiger partial charge in [0.2, 0.25) is 0 Å². The van der Waals surface area contributed by atoms with E-state index in [-0.39, 0.29) is 27.3 Å². The van der Waals surface area contributed by atoms with Gasteiger partial charge in [0.05, 0.1) is 98.4 Å². The summed E-state index contributed by atoms with van der Waals surface area (Å²) in [7, 11) is 0. The van der Waals surface area contributed by atoms with E-state index in [1.807, 2.05) is 0 Å². The zero-order valence-electron chi connectivity index (χ0n) is 21.0. The van der Waals surface area contributed by atoms with E-state index in [4.69, 9.17) is 40.9 Å². The standard InChI is InChI=1S/4C5H10O4.Pb/c4*1-5(2-6,3-7)4(8)9;/h4*6-7H,2-3H2,1H3,(H,8,9);/p-4. The molecular formula is C20H36O16Pb-4. The van der Waals surface area contributed by atoms with Crippen LogP contribution in [0.2, 0.25) is 0 Å². The fourth-order valence-electron chi connectivity index (χ4n) is 0.716. The van der Waals surface area contributed by atoms with Crippen molar-refractivity contribution in [2.45, 2.75) is 27.7 Å². The van der Waals surface area contributed by atoms with E-state index in [2.05, 4.69) is 0 Å². The van der Waals surface area contributed by atoms with E-state index in [0.29, 0.717) is 0 Å². The number of aliphatic hydroxyl groups is 8. The summed E-state index contributed by atoms with van der Waals surface area (Å²) in [5.74, 6) is -5.75. The predicted octanol–water partition coefficient (Wildman–Crippen LogP) is -9.47. The molecule has 0 heterocycles. The Balaban J connectivity index is -0.000000122. The second-order valence-corrected chi connectivity index (χ2v) is 8.66. The molecule has 4 radical (unpaired) electrons. The molecule has 0 aromatic heterocycles. The molecule has 0 aromatic carbocycles. The molecule has 17 heteroatoms. The molecule has 37 heavy (non-hydrogen) atoms. The van der Waals surface area contributed by atoms with Crippen molar-refractivity contribution in [1.82, 2.24) is 0 Å². The first-order chi connectivity index (χ1) is 16.3. The molecule has 0 saturated carbocycles. The van der Waals surface area contributed by atoms with Crippen LogP contribution < -0.4 is 20.4 Å². The fraction of sp³-hybridized carbons (Fsp3) is 0.800. The van der Waals surface area contributed by atoms with Crippen molar-refractivity contribution in [3.8, 4) is 0 Å². The smallest absolute Gasteiger partial charge is 0.0559 e. The number of hydrogen-bond acceptors (Lipinski definition) is 16. The minimum absolute atomic E-state index is 0. The van der Waals surface area contributed by atoms with Crippen molar-refractivity contribution in [2.75, 3.05) is 52.9 Å². The Labute approximate surface area is 233 Å². The van der Waals surface area contributed by atoms with Crippen LogP contribution in [-0.4, -0.2) is 145 Å². The molecule has 0 fully saturated rings. The number of carboxylic acid groups (broad SMARTS) is 4. The summed E-state index contributed by atoms with van der Waals surface area (Å²) >= 11 is 0. The summed E-state index contributed by atoms with van der Waals surface area (Å²) < 4.78 is 0. The second-order valence-electron chi connectivity index (χ2n) is 8.66. The molecule has 0 rings (SSSR count). The van der Waals surface area contributed by atoms with Crippen LogP contribution in [0.15, 0.2) is 0 Å². The van der Waals surface area contributed by atoms with Crippen molar-refractivity contribution in [3.63, 3.8) is 0 Å². The first-order valence-corrected chi connectivity index (χ1v) is 9.99. The molecule has 0 saturated heterocycles. The van der Waals surface area contributed by atoms with Gasteiger partial charge in [-0.25, -0.2) is 0 Å². The minimum atomic E-state index is -1.50. The monoisotopic (exact) mass is 740 g/mol. The van der Waals surface area contributed by atoms with Gasteiger partial charge in [0.15, 0.2) is 0 Å². The van der Waals surface area contributed by atoms with Gasteiger partial charge in [-0.2, -0.15) is 0 Å². The fourth-order valence-corrected chi connectivity index (χ4v) is 0.716. The normalized spacial score (nSPS) is 11.1. The van der Waals surface area contributed by atoms with Gasteiger partial charge in [-0.15, -0.1) is 0 Å². The number of carbonyl (C=O) groups excluding carboxylic acids is 4. The van der Waals surface area contributed by atoms with Gasteiger partial charge in [-0.05, 0) is 27.7 Å². The Morgan fingerprint density at radius 3 is 0.486 bits per heavy atom. The largest absolute Gasteiger partial charge is 0.549 e. The zero-order valence-corrected chi connectivity index (χ0v) is 24.9. The van der Waals surface area contributed by atoms with Gasteiger partial charge >= 0.3 is 0 Å². The van der Waals surface area contributed by atoms with E-state index < -0.39 is 98.4 Å². The molecule has 0 bridgehead atoms. The topological polar surface area (TPSA) is 322 Å². The van der Waals surface area contributed by atoms with Crippen LogP contribution in [-0.2, 0) is 19.2 Å². The predicted molar refractivity (Wildman–Crippen MR) is 115 cm³/mol. The second kappa shape index (κ2) is 21.4. The Kier molecular flexibility index (Phi) is 26.3. The van der Waals surface area contributed by atoms with Gasteiger partial charge < -0.3 is 80.5 Å². The summed E-state index contributed by atoms with van der Waals surface area (Å²) in [4.78, 5) is 40.2. The first kappa shape index (κ1) is 45.4. The third-order valence-corrected chi connectivity index (χ3v) is 4.76. The van der Waals surface area contributed by atoms with E-state index in [9.17, 15) is 39.6 Å². The van der Waals surface area contributed by atoms with E-state index in [1.54, 1.807) is 0 Å². The van der Waals surface area contributed by atoms with Crippen molar-refractivity contribution < 1.29 is 80.5 Å². The molecule has 8 N–H and O–H groups in total. The first-order valence-electron chi connectivity index (χ1n) is 9.99. The van der Waals surface area contributed by atoms with Crippen LogP contribution in [0, 0.1) is 21.7 Å². The molecule has 0 unspecified atom stereocenters. The number of hydrogen-bond donors (Lipinski definition) is 8. The quantitative estimate of drug-likeness (QED) is 0.0862. The number of rotatable bonds is 12. The summed E-state index contributed by atoms with van der Waals surface area (Å²) in [6.45, 7) is -0.00000000000000266. The van der Waals surface area contributed by atoms with Gasteiger partial charge in [0.1, 0.15) is 0 Å². The van der Waals surface area contributed by atoms with Crippen LogP contribution in [0.4, 0.5) is 0 Å². The van der Waals surface area contributed by atoms with E-state index in [0.717, 1.165) is 0 Å². The molecule has 0 aliphatic heterocycles. The maximum Gasteiger partial charge on any atom is 0.0559 e. The molecule has 16 nitrogen and oxygen atoms in total. The Bertz CT molecular complexity index is 541. The van der Waals surface area contributed by atoms with Crippen LogP contribution >= 0.6 is 0 Å². The summed E-state index contributed by atoms with van der Waals surface area (Å²) in [6.07, 6.45) is 0. The molecule has 0 aromatic rings. The van der Waals surface area contributed by atoms with Crippen LogP contribution in [0.5, 0.6) is 0 Å². The maximum atomic E-state index is 10.1. The molecular weight excluding hydrogens is 703 g/mol. The van der Waals surface area contributed by atoms with E-state index >= 15 is 0 Å². The Hall–Kier alpha value is -1.52. The molecule has 0 aliphatic carbocycles. The van der Waals surface area contributed by atoms with Crippen LogP contribution in [0.3, 0.4) is 0 Å². The average Bonchev–Trinajstić information content (AvgIpc) is 2.87. The maximum absolute atomic E-state index is 10.1. The van der Waals surface area contributed by atoms with Crippen molar-refractivity contribution >= 4 is 51.2 Å². The summed E-state index contributed by atoms with van der Waals surface area (Å²) in [5.41, 5.74) is -6.00. The average molecular weight is 740 g/mol. The molecule has 0 aliphatic rings. The van der Waals surface area contributed by atoms with Gasteiger partial charge in [-0.1, -0.05) is 0 Å². The number of carboxylic acids is 4. The molecule has 220 valence electrons. The number of aliphatic hydroxyl groups excluding tert-OH is 8.